The maximum Gasteiger partial charge on any atom is 0.317 e. The first kappa shape index (κ1) is 16.1. The van der Waals surface area contributed by atoms with E-state index in [0.717, 1.165) is 37.9 Å². The van der Waals surface area contributed by atoms with Crippen molar-refractivity contribution in [3.63, 3.8) is 0 Å². The summed E-state index contributed by atoms with van der Waals surface area (Å²) in [5.74, 6) is 0. The van der Waals surface area contributed by atoms with Crippen LogP contribution in [0.3, 0.4) is 0 Å². The molecule has 0 spiro atoms. The second-order valence-electron chi connectivity index (χ2n) is 7.27. The fraction of sp³-hybridized carbons (Fsp3) is 0.526. The molecule has 1 aliphatic carbocycles. The first-order valence-corrected chi connectivity index (χ1v) is 9.12. The highest BCUT2D eigenvalue weighted by molar-refractivity contribution is 5.74. The lowest BCUT2D eigenvalue weighted by Crippen LogP contribution is -2.49. The summed E-state index contributed by atoms with van der Waals surface area (Å²) < 4.78 is 1.93. The first-order chi connectivity index (χ1) is 12.2. The van der Waals surface area contributed by atoms with Gasteiger partial charge >= 0.3 is 6.03 Å². The van der Waals surface area contributed by atoms with Gasteiger partial charge in [0.2, 0.25) is 0 Å². The van der Waals surface area contributed by atoms with E-state index in [4.69, 9.17) is 0 Å². The molecule has 1 aliphatic heterocycles. The monoisotopic (exact) mass is 339 g/mol. The number of carbonyl (C=O) groups is 1. The summed E-state index contributed by atoms with van der Waals surface area (Å²) >= 11 is 0. The molecule has 1 saturated carbocycles. The number of aromatic nitrogens is 3. The minimum absolute atomic E-state index is 0.0161. The van der Waals surface area contributed by atoms with E-state index in [-0.39, 0.29) is 11.4 Å². The summed E-state index contributed by atoms with van der Waals surface area (Å²) in [5, 5.41) is 7.51. The van der Waals surface area contributed by atoms with Crippen LogP contribution in [0, 0.1) is 0 Å². The Kier molecular flexibility index (Phi) is 4.19. The van der Waals surface area contributed by atoms with Crippen LogP contribution >= 0.6 is 0 Å². The third-order valence-electron chi connectivity index (χ3n) is 5.74. The number of hydrogen-bond acceptors (Lipinski definition) is 3. The number of urea groups is 1. The van der Waals surface area contributed by atoms with E-state index in [9.17, 15) is 4.79 Å². The molecule has 0 unspecified atom stereocenters. The van der Waals surface area contributed by atoms with Gasteiger partial charge in [0, 0.05) is 48.7 Å². The fourth-order valence-electron chi connectivity index (χ4n) is 4.02. The Morgan fingerprint density at radius 2 is 2.20 bits per heavy atom. The van der Waals surface area contributed by atoms with Gasteiger partial charge in [-0.25, -0.2) is 4.79 Å². The molecule has 2 aromatic heterocycles. The van der Waals surface area contributed by atoms with Gasteiger partial charge in [-0.05, 0) is 37.8 Å². The van der Waals surface area contributed by atoms with E-state index in [1.165, 1.54) is 17.7 Å². The number of fused-ring (bicyclic) bond motifs is 1. The lowest BCUT2D eigenvalue weighted by Gasteiger charge is -2.41. The predicted octanol–water partition coefficient (Wildman–Crippen LogP) is 2.39. The maximum atomic E-state index is 12.8. The van der Waals surface area contributed by atoms with Crippen LogP contribution in [0.5, 0.6) is 0 Å². The van der Waals surface area contributed by atoms with E-state index in [1.807, 2.05) is 41.2 Å². The molecule has 132 valence electrons. The van der Waals surface area contributed by atoms with Crippen LogP contribution in [0.25, 0.3) is 0 Å². The van der Waals surface area contributed by atoms with E-state index < -0.39 is 0 Å². The standard InChI is InChI=1S/C19H25N5O/c1-23-16-6-4-11-24(13-15(16)12-22-23)18(25)21-14-19(8-5-9-19)17-7-2-3-10-20-17/h2-3,7,10,12H,4-6,8-9,11,13-14H2,1H3,(H,21,25). The zero-order valence-electron chi connectivity index (χ0n) is 14.7. The first-order valence-electron chi connectivity index (χ1n) is 9.12. The molecule has 6 heteroatoms. The highest BCUT2D eigenvalue weighted by Gasteiger charge is 2.40. The smallest absolute Gasteiger partial charge is 0.317 e. The summed E-state index contributed by atoms with van der Waals surface area (Å²) in [5.41, 5.74) is 3.53. The van der Waals surface area contributed by atoms with Gasteiger partial charge in [-0.2, -0.15) is 5.10 Å². The molecular formula is C19H25N5O. The van der Waals surface area contributed by atoms with Crippen molar-refractivity contribution >= 4 is 6.03 Å². The van der Waals surface area contributed by atoms with Gasteiger partial charge in [-0.15, -0.1) is 0 Å². The van der Waals surface area contributed by atoms with E-state index in [2.05, 4.69) is 21.5 Å². The van der Waals surface area contributed by atoms with Crippen molar-refractivity contribution in [3.8, 4) is 0 Å². The molecule has 6 nitrogen and oxygen atoms in total. The van der Waals surface area contributed by atoms with Gasteiger partial charge < -0.3 is 10.2 Å². The van der Waals surface area contributed by atoms with Crippen LogP contribution in [-0.4, -0.2) is 38.8 Å². The van der Waals surface area contributed by atoms with Crippen molar-refractivity contribution < 1.29 is 4.79 Å². The molecule has 0 atom stereocenters. The molecule has 2 amide bonds. The second kappa shape index (κ2) is 6.50. The molecule has 0 aromatic carbocycles. The molecular weight excluding hydrogens is 314 g/mol. The normalized spacial score (nSPS) is 18.8. The van der Waals surface area contributed by atoms with Crippen molar-refractivity contribution in [3.05, 3.63) is 47.5 Å². The fourth-order valence-corrected chi connectivity index (χ4v) is 4.02. The Bertz CT molecular complexity index is 750. The van der Waals surface area contributed by atoms with Gasteiger partial charge in [0.25, 0.3) is 0 Å². The molecule has 2 aliphatic rings. The third-order valence-corrected chi connectivity index (χ3v) is 5.74. The van der Waals surface area contributed by atoms with Crippen LogP contribution in [0.4, 0.5) is 4.79 Å². The highest BCUT2D eigenvalue weighted by Crippen LogP contribution is 2.42. The van der Waals surface area contributed by atoms with Crippen LogP contribution in [0.1, 0.15) is 42.6 Å². The van der Waals surface area contributed by atoms with Crippen LogP contribution in [0.15, 0.2) is 30.6 Å². The van der Waals surface area contributed by atoms with Crippen LogP contribution < -0.4 is 5.32 Å². The SMILES string of the molecule is Cn1ncc2c1CCCN(C(=O)NCC1(c3ccccn3)CCC1)C2. The molecule has 1 fully saturated rings. The van der Waals surface area contributed by atoms with Crippen LogP contribution in [-0.2, 0) is 25.4 Å². The Morgan fingerprint density at radius 3 is 2.92 bits per heavy atom. The predicted molar refractivity (Wildman–Crippen MR) is 95.1 cm³/mol. The minimum Gasteiger partial charge on any atom is -0.337 e. The van der Waals surface area contributed by atoms with Gasteiger partial charge in [0.15, 0.2) is 0 Å². The molecule has 4 rings (SSSR count). The van der Waals surface area contributed by atoms with E-state index in [1.54, 1.807) is 0 Å². The van der Waals surface area contributed by atoms with Crippen molar-refractivity contribution in [1.29, 1.82) is 0 Å². The number of aryl methyl sites for hydroxylation is 1. The number of carbonyl (C=O) groups excluding carboxylic acids is 1. The number of pyridine rings is 1. The number of nitrogens with zero attached hydrogens (tertiary/aromatic N) is 4. The van der Waals surface area contributed by atoms with Gasteiger partial charge in [-0.3, -0.25) is 9.67 Å². The number of rotatable bonds is 3. The summed E-state index contributed by atoms with van der Waals surface area (Å²) in [7, 11) is 1.97. The Labute approximate surface area is 148 Å². The quantitative estimate of drug-likeness (QED) is 0.934. The molecule has 3 heterocycles. The Morgan fingerprint density at radius 1 is 1.32 bits per heavy atom. The average Bonchev–Trinajstić information content (AvgIpc) is 2.82. The van der Waals surface area contributed by atoms with Gasteiger partial charge in [0.05, 0.1) is 12.7 Å². The Hall–Kier alpha value is -2.37. The van der Waals surface area contributed by atoms with Gasteiger partial charge in [0.1, 0.15) is 0 Å². The third kappa shape index (κ3) is 3.01. The van der Waals surface area contributed by atoms with E-state index >= 15 is 0 Å². The molecule has 0 radical (unpaired) electrons. The molecule has 2 aromatic rings. The second-order valence-corrected chi connectivity index (χ2v) is 7.27. The highest BCUT2D eigenvalue weighted by atomic mass is 16.2. The zero-order chi connectivity index (χ0) is 17.3. The summed E-state index contributed by atoms with van der Waals surface area (Å²) in [6.45, 7) is 2.10. The summed E-state index contributed by atoms with van der Waals surface area (Å²) in [6.07, 6.45) is 9.08. The summed E-state index contributed by atoms with van der Waals surface area (Å²) in [6, 6.07) is 6.08. The largest absolute Gasteiger partial charge is 0.337 e. The van der Waals surface area contributed by atoms with Crippen molar-refractivity contribution in [2.24, 2.45) is 7.05 Å². The van der Waals surface area contributed by atoms with Crippen molar-refractivity contribution in [2.75, 3.05) is 13.1 Å². The maximum absolute atomic E-state index is 12.8. The Balaban J connectivity index is 1.42. The average molecular weight is 339 g/mol. The lowest BCUT2D eigenvalue weighted by molar-refractivity contribution is 0.180. The summed E-state index contributed by atoms with van der Waals surface area (Å²) in [4.78, 5) is 19.2. The van der Waals surface area contributed by atoms with Crippen molar-refractivity contribution in [1.82, 2.24) is 25.0 Å². The number of nitrogens with one attached hydrogen (secondary N) is 1. The zero-order valence-corrected chi connectivity index (χ0v) is 14.7. The van der Waals surface area contributed by atoms with Crippen molar-refractivity contribution in [2.45, 2.75) is 44.1 Å². The van der Waals surface area contributed by atoms with Gasteiger partial charge in [-0.1, -0.05) is 12.5 Å². The topological polar surface area (TPSA) is 63.1 Å². The van der Waals surface area contributed by atoms with Crippen LogP contribution in [0.2, 0.25) is 0 Å². The number of amides is 2. The lowest BCUT2D eigenvalue weighted by atomic mass is 9.66. The van der Waals surface area contributed by atoms with E-state index in [0.29, 0.717) is 13.1 Å². The number of hydrogen-bond donors (Lipinski definition) is 1. The molecule has 0 bridgehead atoms. The molecule has 0 saturated heterocycles. The molecule has 25 heavy (non-hydrogen) atoms. The minimum atomic E-state index is 0.0161. The molecule has 1 N–H and O–H groups in total.